The van der Waals surface area contributed by atoms with Gasteiger partial charge < -0.3 is 0 Å². The van der Waals surface area contributed by atoms with Crippen LogP contribution in [0.1, 0.15) is 47.5 Å². The highest BCUT2D eigenvalue weighted by atomic mass is 14.4. The van der Waals surface area contributed by atoms with Crippen LogP contribution in [0.3, 0.4) is 0 Å². The second kappa shape index (κ2) is 3.81. The second-order valence-electron chi connectivity index (χ2n) is 4.96. The molecule has 0 heterocycles. The van der Waals surface area contributed by atoms with Crippen molar-refractivity contribution in [3.05, 3.63) is 0 Å². The molecule has 0 heteroatoms. The average molecular weight is 168 g/mol. The lowest BCUT2D eigenvalue weighted by atomic mass is 9.63. The van der Waals surface area contributed by atoms with Crippen molar-refractivity contribution in [1.82, 2.24) is 0 Å². The van der Waals surface area contributed by atoms with Gasteiger partial charge in [0.05, 0.1) is 0 Å². The molecular formula is C12H24. The Morgan fingerprint density at radius 2 is 1.50 bits per heavy atom. The lowest BCUT2D eigenvalue weighted by molar-refractivity contribution is 0.0737. The van der Waals surface area contributed by atoms with Gasteiger partial charge in [-0.1, -0.05) is 41.0 Å². The molecule has 0 radical (unpaired) electrons. The van der Waals surface area contributed by atoms with E-state index in [2.05, 4.69) is 34.6 Å². The Morgan fingerprint density at radius 3 is 2.00 bits per heavy atom. The minimum atomic E-state index is 0.929. The van der Waals surface area contributed by atoms with E-state index in [0.717, 1.165) is 29.6 Å². The maximum absolute atomic E-state index is 2.45. The lowest BCUT2D eigenvalue weighted by Crippen LogP contribution is -2.34. The van der Waals surface area contributed by atoms with E-state index in [1.165, 1.54) is 12.8 Å². The van der Waals surface area contributed by atoms with Gasteiger partial charge in [0.2, 0.25) is 0 Å². The zero-order chi connectivity index (χ0) is 9.30. The molecule has 0 spiro atoms. The Bertz CT molecular complexity index is 134. The number of hydrogen-bond donors (Lipinski definition) is 0. The SMILES string of the molecule is CCC1CC(C)C(C)[C@@H](C)[C@H]1C. The van der Waals surface area contributed by atoms with Crippen LogP contribution in [0.2, 0.25) is 0 Å². The fraction of sp³-hybridized carbons (Fsp3) is 1.00. The molecule has 0 nitrogen and oxygen atoms in total. The Labute approximate surface area is 77.7 Å². The van der Waals surface area contributed by atoms with Crippen LogP contribution in [0.4, 0.5) is 0 Å². The summed E-state index contributed by atoms with van der Waals surface area (Å²) < 4.78 is 0. The fourth-order valence-electron chi connectivity index (χ4n) is 2.87. The first kappa shape index (κ1) is 10.1. The molecule has 12 heavy (non-hydrogen) atoms. The first-order valence-corrected chi connectivity index (χ1v) is 5.57. The van der Waals surface area contributed by atoms with Crippen molar-refractivity contribution in [3.63, 3.8) is 0 Å². The normalized spacial score (nSPS) is 49.2. The third-order valence-electron chi connectivity index (χ3n) is 4.50. The first-order chi connectivity index (χ1) is 5.57. The Morgan fingerprint density at radius 1 is 0.917 bits per heavy atom. The molecule has 5 atom stereocenters. The summed E-state index contributed by atoms with van der Waals surface area (Å²) in [5.41, 5.74) is 0. The highest BCUT2D eigenvalue weighted by molar-refractivity contribution is 4.84. The monoisotopic (exact) mass is 168 g/mol. The topological polar surface area (TPSA) is 0 Å². The Balaban J connectivity index is 2.63. The van der Waals surface area contributed by atoms with Gasteiger partial charge in [-0.15, -0.1) is 0 Å². The van der Waals surface area contributed by atoms with Crippen molar-refractivity contribution in [2.45, 2.75) is 47.5 Å². The van der Waals surface area contributed by atoms with Crippen LogP contribution in [0.15, 0.2) is 0 Å². The van der Waals surface area contributed by atoms with Gasteiger partial charge >= 0.3 is 0 Å². The highest BCUT2D eigenvalue weighted by Crippen LogP contribution is 2.42. The first-order valence-electron chi connectivity index (χ1n) is 5.57. The molecule has 3 unspecified atom stereocenters. The molecule has 0 bridgehead atoms. The maximum atomic E-state index is 2.45. The van der Waals surface area contributed by atoms with Crippen LogP contribution >= 0.6 is 0 Å². The quantitative estimate of drug-likeness (QED) is 0.556. The molecule has 0 aromatic heterocycles. The average Bonchev–Trinajstić information content (AvgIpc) is 2.08. The molecule has 1 saturated carbocycles. The van der Waals surface area contributed by atoms with E-state index in [4.69, 9.17) is 0 Å². The molecule has 0 N–H and O–H groups in total. The van der Waals surface area contributed by atoms with E-state index >= 15 is 0 Å². The molecule has 0 aromatic rings. The van der Waals surface area contributed by atoms with E-state index in [-0.39, 0.29) is 0 Å². The summed E-state index contributed by atoms with van der Waals surface area (Å²) in [6.07, 6.45) is 2.84. The van der Waals surface area contributed by atoms with Crippen molar-refractivity contribution in [3.8, 4) is 0 Å². The molecule has 0 saturated heterocycles. The summed E-state index contributed by atoms with van der Waals surface area (Å²) in [5.74, 6) is 4.75. The van der Waals surface area contributed by atoms with Crippen molar-refractivity contribution in [2.75, 3.05) is 0 Å². The zero-order valence-corrected chi connectivity index (χ0v) is 9.30. The van der Waals surface area contributed by atoms with Crippen molar-refractivity contribution in [2.24, 2.45) is 29.6 Å². The van der Waals surface area contributed by atoms with Crippen LogP contribution in [-0.2, 0) is 0 Å². The van der Waals surface area contributed by atoms with E-state index < -0.39 is 0 Å². The van der Waals surface area contributed by atoms with Gasteiger partial charge in [-0.25, -0.2) is 0 Å². The molecular weight excluding hydrogens is 144 g/mol. The van der Waals surface area contributed by atoms with Gasteiger partial charge in [0.1, 0.15) is 0 Å². The molecule has 1 aliphatic carbocycles. The standard InChI is InChI=1S/C12H24/c1-6-12-7-8(2)9(3)10(4)11(12)5/h8-12H,6-7H2,1-5H3/t8?,9?,10-,11-,12?/m1/s1. The van der Waals surface area contributed by atoms with Crippen LogP contribution in [0.25, 0.3) is 0 Å². The maximum Gasteiger partial charge on any atom is -0.0386 e. The molecule has 1 rings (SSSR count). The minimum absolute atomic E-state index is 0.929. The minimum Gasteiger partial charge on any atom is -0.0651 e. The second-order valence-corrected chi connectivity index (χ2v) is 4.96. The molecule has 72 valence electrons. The smallest absolute Gasteiger partial charge is 0.0386 e. The Kier molecular flexibility index (Phi) is 3.20. The van der Waals surface area contributed by atoms with Crippen LogP contribution in [-0.4, -0.2) is 0 Å². The zero-order valence-electron chi connectivity index (χ0n) is 9.30. The van der Waals surface area contributed by atoms with Crippen molar-refractivity contribution >= 4 is 0 Å². The molecule has 0 amide bonds. The van der Waals surface area contributed by atoms with Crippen LogP contribution in [0, 0.1) is 29.6 Å². The summed E-state index contributed by atoms with van der Waals surface area (Å²) in [6.45, 7) is 12.1. The summed E-state index contributed by atoms with van der Waals surface area (Å²) in [5, 5.41) is 0. The summed E-state index contributed by atoms with van der Waals surface area (Å²) in [4.78, 5) is 0. The predicted molar refractivity (Wildman–Crippen MR) is 55.1 cm³/mol. The third kappa shape index (κ3) is 1.67. The van der Waals surface area contributed by atoms with Gasteiger partial charge in [-0.2, -0.15) is 0 Å². The van der Waals surface area contributed by atoms with Gasteiger partial charge in [0.25, 0.3) is 0 Å². The van der Waals surface area contributed by atoms with E-state index in [1.54, 1.807) is 0 Å². The summed E-state index contributed by atoms with van der Waals surface area (Å²) in [6, 6.07) is 0. The van der Waals surface area contributed by atoms with E-state index in [1.807, 2.05) is 0 Å². The van der Waals surface area contributed by atoms with Crippen molar-refractivity contribution < 1.29 is 0 Å². The van der Waals surface area contributed by atoms with Gasteiger partial charge in [-0.3, -0.25) is 0 Å². The highest BCUT2D eigenvalue weighted by Gasteiger charge is 2.34. The largest absolute Gasteiger partial charge is 0.0651 e. The number of rotatable bonds is 1. The van der Waals surface area contributed by atoms with Crippen molar-refractivity contribution in [1.29, 1.82) is 0 Å². The Hall–Kier alpha value is 0. The van der Waals surface area contributed by atoms with E-state index in [9.17, 15) is 0 Å². The van der Waals surface area contributed by atoms with Crippen LogP contribution in [0.5, 0.6) is 0 Å². The van der Waals surface area contributed by atoms with E-state index in [0.29, 0.717) is 0 Å². The predicted octanol–water partition coefficient (Wildman–Crippen LogP) is 3.96. The number of hydrogen-bond acceptors (Lipinski definition) is 0. The molecule has 1 aliphatic rings. The fourth-order valence-corrected chi connectivity index (χ4v) is 2.87. The molecule has 0 aromatic carbocycles. The van der Waals surface area contributed by atoms with Gasteiger partial charge in [0.15, 0.2) is 0 Å². The third-order valence-corrected chi connectivity index (χ3v) is 4.50. The lowest BCUT2D eigenvalue weighted by Gasteiger charge is -2.42. The summed E-state index contributed by atoms with van der Waals surface area (Å²) >= 11 is 0. The van der Waals surface area contributed by atoms with Gasteiger partial charge in [0, 0.05) is 0 Å². The summed E-state index contributed by atoms with van der Waals surface area (Å²) in [7, 11) is 0. The molecule has 0 aliphatic heterocycles. The molecule has 1 fully saturated rings. The van der Waals surface area contributed by atoms with Crippen LogP contribution < -0.4 is 0 Å². The van der Waals surface area contributed by atoms with Gasteiger partial charge in [-0.05, 0) is 36.0 Å².